The number of thiazole rings is 1. The molecule has 1 saturated carbocycles. The largest absolute Gasteiger partial charge is 0.357 e. The van der Waals surface area contributed by atoms with E-state index in [1.807, 2.05) is 19.1 Å². The first-order valence-corrected chi connectivity index (χ1v) is 9.55. The number of nitrogens with one attached hydrogen (secondary N) is 2. The Labute approximate surface area is 175 Å². The minimum atomic E-state index is -0.184. The predicted octanol–water partition coefficient (Wildman–Crippen LogP) is 4.30. The minimum Gasteiger partial charge on any atom is -0.357 e. The third kappa shape index (κ3) is 5.16. The summed E-state index contributed by atoms with van der Waals surface area (Å²) in [5.41, 5.74) is 2.39. The molecule has 0 saturated heterocycles. The molecule has 1 aliphatic rings. The van der Waals surface area contributed by atoms with E-state index < -0.39 is 0 Å². The topological polar surface area (TPSA) is 49.3 Å². The quantitative estimate of drug-likeness (QED) is 0.362. The van der Waals surface area contributed by atoms with Crippen LogP contribution in [0.4, 0.5) is 4.39 Å². The number of hydrogen-bond acceptors (Lipinski definition) is 3. The maximum absolute atomic E-state index is 13.2. The third-order valence-corrected chi connectivity index (χ3v) is 5.75. The first kappa shape index (κ1) is 21.1. The van der Waals surface area contributed by atoms with Crippen LogP contribution in [0, 0.1) is 19.7 Å². The number of nitrogens with zero attached hydrogens (tertiary/aromatic N) is 2. The molecule has 3 rings (SSSR count). The van der Waals surface area contributed by atoms with Gasteiger partial charge in [0.1, 0.15) is 10.8 Å². The summed E-state index contributed by atoms with van der Waals surface area (Å²) in [6.07, 6.45) is 2.24. The van der Waals surface area contributed by atoms with E-state index in [-0.39, 0.29) is 35.2 Å². The summed E-state index contributed by atoms with van der Waals surface area (Å²) in [6, 6.07) is 6.88. The highest BCUT2D eigenvalue weighted by Crippen LogP contribution is 2.47. The molecule has 26 heavy (non-hydrogen) atoms. The standard InChI is InChI=1S/C19H25FN4S.HI/c1-4-21-18(22-11-17-24-13(2)14(3)25-17)23-12-19(9-10-19)15-5-7-16(20)8-6-15;/h5-8H,4,9-12H2,1-3H3,(H2,21,22,23);1H. The smallest absolute Gasteiger partial charge is 0.191 e. The van der Waals surface area contributed by atoms with Gasteiger partial charge in [0, 0.05) is 23.4 Å². The van der Waals surface area contributed by atoms with Crippen LogP contribution >= 0.6 is 35.3 Å². The van der Waals surface area contributed by atoms with Crippen molar-refractivity contribution < 1.29 is 4.39 Å². The molecule has 0 unspecified atom stereocenters. The molecule has 0 bridgehead atoms. The lowest BCUT2D eigenvalue weighted by Crippen LogP contribution is -2.41. The van der Waals surface area contributed by atoms with E-state index in [1.54, 1.807) is 23.5 Å². The zero-order valence-corrected chi connectivity index (χ0v) is 18.6. The van der Waals surface area contributed by atoms with Crippen LogP contribution in [0.25, 0.3) is 0 Å². The number of benzene rings is 1. The zero-order chi connectivity index (χ0) is 17.9. The highest BCUT2D eigenvalue weighted by Gasteiger charge is 2.44. The molecule has 1 heterocycles. The molecule has 1 aromatic carbocycles. The second kappa shape index (κ2) is 9.12. The molecule has 7 heteroatoms. The van der Waals surface area contributed by atoms with Gasteiger partial charge in [0.25, 0.3) is 0 Å². The number of rotatable bonds is 6. The molecule has 1 fully saturated rings. The predicted molar refractivity (Wildman–Crippen MR) is 117 cm³/mol. The normalized spacial score (nSPS) is 15.3. The van der Waals surface area contributed by atoms with Crippen molar-refractivity contribution in [2.75, 3.05) is 13.1 Å². The number of halogens is 2. The van der Waals surface area contributed by atoms with Gasteiger partial charge in [-0.25, -0.2) is 14.4 Å². The highest BCUT2D eigenvalue weighted by molar-refractivity contribution is 14.0. The number of hydrogen-bond donors (Lipinski definition) is 2. The minimum absolute atomic E-state index is 0. The second-order valence-electron chi connectivity index (χ2n) is 6.59. The Morgan fingerprint density at radius 2 is 1.92 bits per heavy atom. The molecule has 1 aliphatic carbocycles. The Bertz CT molecular complexity index is 734. The monoisotopic (exact) mass is 488 g/mol. The lowest BCUT2D eigenvalue weighted by molar-refractivity contribution is 0.617. The lowest BCUT2D eigenvalue weighted by atomic mass is 9.96. The molecule has 2 aromatic rings. The summed E-state index contributed by atoms with van der Waals surface area (Å²) >= 11 is 1.70. The van der Waals surface area contributed by atoms with E-state index in [0.717, 1.165) is 42.6 Å². The molecule has 0 radical (unpaired) electrons. The van der Waals surface area contributed by atoms with Crippen LogP contribution < -0.4 is 10.6 Å². The fourth-order valence-electron chi connectivity index (χ4n) is 2.87. The molecule has 0 spiro atoms. The van der Waals surface area contributed by atoms with E-state index in [0.29, 0.717) is 6.54 Å². The molecule has 0 aliphatic heterocycles. The molecule has 142 valence electrons. The average molecular weight is 488 g/mol. The van der Waals surface area contributed by atoms with Gasteiger partial charge in [0.2, 0.25) is 0 Å². The van der Waals surface area contributed by atoms with Crippen LogP contribution in [0.1, 0.15) is 40.9 Å². The second-order valence-corrected chi connectivity index (χ2v) is 7.87. The Kier molecular flexibility index (Phi) is 7.40. The Balaban J connectivity index is 0.00000243. The van der Waals surface area contributed by atoms with E-state index in [9.17, 15) is 4.39 Å². The fraction of sp³-hybridized carbons (Fsp3) is 0.474. The number of aliphatic imine (C=N–C) groups is 1. The maximum Gasteiger partial charge on any atom is 0.191 e. The van der Waals surface area contributed by atoms with Crippen molar-refractivity contribution in [3.05, 3.63) is 51.2 Å². The van der Waals surface area contributed by atoms with Crippen molar-refractivity contribution in [2.45, 2.75) is 45.6 Å². The zero-order valence-electron chi connectivity index (χ0n) is 15.4. The molecule has 0 amide bonds. The van der Waals surface area contributed by atoms with E-state index in [4.69, 9.17) is 0 Å². The van der Waals surface area contributed by atoms with Crippen LogP contribution in [0.5, 0.6) is 0 Å². The number of guanidine groups is 1. The van der Waals surface area contributed by atoms with Gasteiger partial charge in [0.05, 0.1) is 12.2 Å². The Morgan fingerprint density at radius 3 is 2.46 bits per heavy atom. The molecular formula is C19H26FIN4S. The van der Waals surface area contributed by atoms with Gasteiger partial charge in [0.15, 0.2) is 5.96 Å². The highest BCUT2D eigenvalue weighted by atomic mass is 127. The third-order valence-electron chi connectivity index (χ3n) is 4.69. The van der Waals surface area contributed by atoms with Crippen LogP contribution in [-0.2, 0) is 12.0 Å². The molecule has 1 aromatic heterocycles. The Morgan fingerprint density at radius 1 is 1.23 bits per heavy atom. The van der Waals surface area contributed by atoms with Gasteiger partial charge in [-0.15, -0.1) is 35.3 Å². The molecule has 4 nitrogen and oxygen atoms in total. The van der Waals surface area contributed by atoms with Crippen molar-refractivity contribution in [1.29, 1.82) is 0 Å². The van der Waals surface area contributed by atoms with Gasteiger partial charge < -0.3 is 10.6 Å². The SMILES string of the molecule is CCNC(=NCc1nc(C)c(C)s1)NCC1(c2ccc(F)cc2)CC1.I. The molecular weight excluding hydrogens is 462 g/mol. The van der Waals surface area contributed by atoms with Crippen molar-refractivity contribution >= 4 is 41.3 Å². The summed E-state index contributed by atoms with van der Waals surface area (Å²) in [6.45, 7) is 8.37. The van der Waals surface area contributed by atoms with Crippen LogP contribution in [-0.4, -0.2) is 24.0 Å². The van der Waals surface area contributed by atoms with Gasteiger partial charge in [-0.05, 0) is 51.3 Å². The van der Waals surface area contributed by atoms with Gasteiger partial charge in [-0.3, -0.25) is 0 Å². The fourth-order valence-corrected chi connectivity index (χ4v) is 3.73. The van der Waals surface area contributed by atoms with Crippen LogP contribution in [0.2, 0.25) is 0 Å². The molecule has 2 N–H and O–H groups in total. The van der Waals surface area contributed by atoms with E-state index >= 15 is 0 Å². The van der Waals surface area contributed by atoms with E-state index in [1.165, 1.54) is 10.4 Å². The van der Waals surface area contributed by atoms with Gasteiger partial charge >= 0.3 is 0 Å². The van der Waals surface area contributed by atoms with Crippen molar-refractivity contribution in [1.82, 2.24) is 15.6 Å². The average Bonchev–Trinajstić information content (AvgIpc) is 3.31. The van der Waals surface area contributed by atoms with Crippen molar-refractivity contribution in [3.8, 4) is 0 Å². The number of aromatic nitrogens is 1. The summed E-state index contributed by atoms with van der Waals surface area (Å²) in [5, 5.41) is 7.78. The summed E-state index contributed by atoms with van der Waals surface area (Å²) in [4.78, 5) is 10.4. The summed E-state index contributed by atoms with van der Waals surface area (Å²) in [7, 11) is 0. The van der Waals surface area contributed by atoms with Crippen molar-refractivity contribution in [2.24, 2.45) is 4.99 Å². The van der Waals surface area contributed by atoms with Gasteiger partial charge in [-0.2, -0.15) is 0 Å². The first-order valence-electron chi connectivity index (χ1n) is 8.73. The summed E-state index contributed by atoms with van der Waals surface area (Å²) < 4.78 is 13.2. The first-order chi connectivity index (χ1) is 12.0. The molecule has 0 atom stereocenters. The van der Waals surface area contributed by atoms with Crippen LogP contribution in [0.15, 0.2) is 29.3 Å². The van der Waals surface area contributed by atoms with Gasteiger partial charge in [-0.1, -0.05) is 12.1 Å². The van der Waals surface area contributed by atoms with Crippen molar-refractivity contribution in [3.63, 3.8) is 0 Å². The summed E-state index contributed by atoms with van der Waals surface area (Å²) in [5.74, 6) is 0.623. The maximum atomic E-state index is 13.2. The lowest BCUT2D eigenvalue weighted by Gasteiger charge is -2.19. The Hall–Kier alpha value is -1.22. The van der Waals surface area contributed by atoms with E-state index in [2.05, 4.69) is 34.5 Å². The van der Waals surface area contributed by atoms with Crippen LogP contribution in [0.3, 0.4) is 0 Å². The number of aryl methyl sites for hydroxylation is 2.